The molecule has 3 heteroatoms. The SMILES string of the molecule is C=C1CCC(=O)CC1CC(=O)O. The second-order valence-corrected chi connectivity index (χ2v) is 3.20. The van der Waals surface area contributed by atoms with Crippen LogP contribution >= 0.6 is 0 Å². The number of Topliss-reactive ketones (excluding diaryl/α,β-unsaturated/α-hetero) is 1. The highest BCUT2D eigenvalue weighted by atomic mass is 16.4. The van der Waals surface area contributed by atoms with Crippen LogP contribution in [0.2, 0.25) is 0 Å². The molecule has 0 saturated heterocycles. The molecule has 1 saturated carbocycles. The largest absolute Gasteiger partial charge is 0.481 e. The van der Waals surface area contributed by atoms with Gasteiger partial charge in [0.15, 0.2) is 0 Å². The topological polar surface area (TPSA) is 54.4 Å². The summed E-state index contributed by atoms with van der Waals surface area (Å²) in [6.45, 7) is 3.77. The Hall–Kier alpha value is -1.12. The van der Waals surface area contributed by atoms with Crippen LogP contribution in [-0.2, 0) is 9.59 Å². The molecule has 1 atom stereocenters. The van der Waals surface area contributed by atoms with Gasteiger partial charge >= 0.3 is 5.97 Å². The van der Waals surface area contributed by atoms with Crippen molar-refractivity contribution in [3.8, 4) is 0 Å². The van der Waals surface area contributed by atoms with E-state index in [9.17, 15) is 9.59 Å². The van der Waals surface area contributed by atoms with E-state index in [0.29, 0.717) is 19.3 Å². The van der Waals surface area contributed by atoms with Gasteiger partial charge in [-0.25, -0.2) is 0 Å². The van der Waals surface area contributed by atoms with Gasteiger partial charge in [-0.1, -0.05) is 12.2 Å². The van der Waals surface area contributed by atoms with Crippen molar-refractivity contribution in [3.05, 3.63) is 12.2 Å². The van der Waals surface area contributed by atoms with Gasteiger partial charge in [0.2, 0.25) is 0 Å². The molecule has 0 aromatic heterocycles. The van der Waals surface area contributed by atoms with Crippen molar-refractivity contribution in [1.82, 2.24) is 0 Å². The van der Waals surface area contributed by atoms with E-state index in [1.807, 2.05) is 0 Å². The van der Waals surface area contributed by atoms with E-state index in [-0.39, 0.29) is 18.1 Å². The zero-order valence-corrected chi connectivity index (χ0v) is 6.88. The Morgan fingerprint density at radius 3 is 2.83 bits per heavy atom. The Kier molecular flexibility index (Phi) is 2.63. The van der Waals surface area contributed by atoms with E-state index in [1.165, 1.54) is 0 Å². The smallest absolute Gasteiger partial charge is 0.303 e. The molecule has 1 unspecified atom stereocenters. The molecule has 0 radical (unpaired) electrons. The molecule has 1 fully saturated rings. The summed E-state index contributed by atoms with van der Waals surface area (Å²) in [7, 11) is 0. The fraction of sp³-hybridized carbons (Fsp3) is 0.556. The molecule has 1 rings (SSSR count). The molecule has 0 aromatic rings. The van der Waals surface area contributed by atoms with E-state index in [0.717, 1.165) is 5.57 Å². The molecule has 12 heavy (non-hydrogen) atoms. The second kappa shape index (κ2) is 3.52. The van der Waals surface area contributed by atoms with Crippen LogP contribution in [0.15, 0.2) is 12.2 Å². The van der Waals surface area contributed by atoms with Crippen LogP contribution in [0.3, 0.4) is 0 Å². The molecular formula is C9H12O3. The normalized spacial score (nSPS) is 24.2. The molecule has 0 aliphatic heterocycles. The molecule has 1 N–H and O–H groups in total. The summed E-state index contributed by atoms with van der Waals surface area (Å²) in [6, 6.07) is 0. The fourth-order valence-corrected chi connectivity index (χ4v) is 1.45. The Bertz CT molecular complexity index is 228. The van der Waals surface area contributed by atoms with Crippen LogP contribution in [0.1, 0.15) is 25.7 Å². The summed E-state index contributed by atoms with van der Waals surface area (Å²) >= 11 is 0. The van der Waals surface area contributed by atoms with Crippen molar-refractivity contribution in [2.45, 2.75) is 25.7 Å². The number of hydrogen-bond acceptors (Lipinski definition) is 2. The first kappa shape index (κ1) is 8.97. The first-order chi connectivity index (χ1) is 5.59. The molecule has 1 aliphatic rings. The summed E-state index contributed by atoms with van der Waals surface area (Å²) < 4.78 is 0. The summed E-state index contributed by atoms with van der Waals surface area (Å²) in [5, 5.41) is 8.52. The fourth-order valence-electron chi connectivity index (χ4n) is 1.45. The average Bonchev–Trinajstić information content (AvgIpc) is 1.96. The first-order valence-corrected chi connectivity index (χ1v) is 4.00. The molecule has 3 nitrogen and oxygen atoms in total. The molecule has 0 heterocycles. The van der Waals surface area contributed by atoms with Crippen molar-refractivity contribution in [2.24, 2.45) is 5.92 Å². The number of carbonyl (C=O) groups excluding carboxylic acids is 1. The maximum atomic E-state index is 11.0. The maximum absolute atomic E-state index is 11.0. The molecule has 0 spiro atoms. The Labute approximate surface area is 71.1 Å². The molecule has 0 amide bonds. The van der Waals surface area contributed by atoms with Gasteiger partial charge in [-0.15, -0.1) is 0 Å². The van der Waals surface area contributed by atoms with Crippen molar-refractivity contribution in [2.75, 3.05) is 0 Å². The monoisotopic (exact) mass is 168 g/mol. The highest BCUT2D eigenvalue weighted by Crippen LogP contribution is 2.28. The molecule has 1 aliphatic carbocycles. The van der Waals surface area contributed by atoms with Crippen molar-refractivity contribution in [1.29, 1.82) is 0 Å². The predicted molar refractivity (Wildman–Crippen MR) is 43.7 cm³/mol. The standard InChI is InChI=1S/C9H12O3/c1-6-2-3-8(10)4-7(6)5-9(11)12/h7H,1-5H2,(H,11,12). The van der Waals surface area contributed by atoms with E-state index in [4.69, 9.17) is 5.11 Å². The van der Waals surface area contributed by atoms with Crippen LogP contribution in [0, 0.1) is 5.92 Å². The highest BCUT2D eigenvalue weighted by molar-refractivity contribution is 5.81. The zero-order chi connectivity index (χ0) is 9.14. The third-order valence-electron chi connectivity index (χ3n) is 2.20. The minimum Gasteiger partial charge on any atom is -0.481 e. The molecule has 66 valence electrons. The molecule has 0 bridgehead atoms. The maximum Gasteiger partial charge on any atom is 0.303 e. The second-order valence-electron chi connectivity index (χ2n) is 3.20. The Morgan fingerprint density at radius 2 is 2.25 bits per heavy atom. The lowest BCUT2D eigenvalue weighted by atomic mass is 9.82. The number of allylic oxidation sites excluding steroid dienone is 1. The van der Waals surface area contributed by atoms with Crippen LogP contribution < -0.4 is 0 Å². The van der Waals surface area contributed by atoms with Crippen LogP contribution in [0.5, 0.6) is 0 Å². The van der Waals surface area contributed by atoms with Crippen molar-refractivity contribution >= 4 is 11.8 Å². The van der Waals surface area contributed by atoms with E-state index in [1.54, 1.807) is 0 Å². The molecule has 0 aromatic carbocycles. The van der Waals surface area contributed by atoms with Gasteiger partial charge in [0, 0.05) is 12.8 Å². The van der Waals surface area contributed by atoms with Crippen molar-refractivity contribution in [3.63, 3.8) is 0 Å². The Morgan fingerprint density at radius 1 is 1.58 bits per heavy atom. The van der Waals surface area contributed by atoms with E-state index in [2.05, 4.69) is 6.58 Å². The van der Waals surface area contributed by atoms with Gasteiger partial charge in [0.1, 0.15) is 5.78 Å². The van der Waals surface area contributed by atoms with Gasteiger partial charge < -0.3 is 5.11 Å². The minimum atomic E-state index is -0.851. The average molecular weight is 168 g/mol. The van der Waals surface area contributed by atoms with Gasteiger partial charge in [0.25, 0.3) is 0 Å². The van der Waals surface area contributed by atoms with Crippen LogP contribution in [-0.4, -0.2) is 16.9 Å². The van der Waals surface area contributed by atoms with Gasteiger partial charge in [-0.2, -0.15) is 0 Å². The number of aliphatic carboxylic acids is 1. The number of hydrogen-bond donors (Lipinski definition) is 1. The lowest BCUT2D eigenvalue weighted by Gasteiger charge is -2.21. The third-order valence-corrected chi connectivity index (χ3v) is 2.20. The quantitative estimate of drug-likeness (QED) is 0.634. The number of carboxylic acids is 1. The summed E-state index contributed by atoms with van der Waals surface area (Å²) in [5.41, 5.74) is 0.914. The first-order valence-electron chi connectivity index (χ1n) is 4.00. The van der Waals surface area contributed by atoms with Gasteiger partial charge in [-0.3, -0.25) is 9.59 Å². The zero-order valence-electron chi connectivity index (χ0n) is 6.88. The summed E-state index contributed by atoms with van der Waals surface area (Å²) in [4.78, 5) is 21.3. The Balaban J connectivity index is 2.55. The summed E-state index contributed by atoms with van der Waals surface area (Å²) in [6.07, 6.45) is 1.61. The minimum absolute atomic E-state index is 0.0462. The van der Waals surface area contributed by atoms with Gasteiger partial charge in [-0.05, 0) is 12.3 Å². The lowest BCUT2D eigenvalue weighted by molar-refractivity contribution is -0.138. The van der Waals surface area contributed by atoms with Crippen LogP contribution in [0.25, 0.3) is 0 Å². The highest BCUT2D eigenvalue weighted by Gasteiger charge is 2.24. The van der Waals surface area contributed by atoms with E-state index >= 15 is 0 Å². The van der Waals surface area contributed by atoms with E-state index < -0.39 is 5.97 Å². The number of carboxylic acid groups (broad SMARTS) is 1. The van der Waals surface area contributed by atoms with Crippen molar-refractivity contribution < 1.29 is 14.7 Å². The van der Waals surface area contributed by atoms with Gasteiger partial charge in [0.05, 0.1) is 6.42 Å². The third kappa shape index (κ3) is 2.19. The number of rotatable bonds is 2. The predicted octanol–water partition coefficient (Wildman–Crippen LogP) is 1.39. The molecular weight excluding hydrogens is 156 g/mol. The lowest BCUT2D eigenvalue weighted by Crippen LogP contribution is -2.19. The number of carbonyl (C=O) groups is 2. The summed E-state index contributed by atoms with van der Waals surface area (Å²) in [5.74, 6) is -0.812. The number of ketones is 1. The van der Waals surface area contributed by atoms with Crippen LogP contribution in [0.4, 0.5) is 0 Å².